The molecule has 2 rings (SSSR count). The van der Waals surface area contributed by atoms with Crippen LogP contribution in [0.25, 0.3) is 0 Å². The summed E-state index contributed by atoms with van der Waals surface area (Å²) in [6, 6.07) is 1.75. The van der Waals surface area contributed by atoms with E-state index in [1.165, 1.54) is 18.3 Å². The smallest absolute Gasteiger partial charge is 0.407 e. The van der Waals surface area contributed by atoms with Crippen LogP contribution in [0, 0.1) is 5.92 Å². The number of halogens is 1. The predicted octanol–water partition coefficient (Wildman–Crippen LogP) is 3.19. The molecule has 11 heteroatoms. The van der Waals surface area contributed by atoms with Crippen LogP contribution in [0.5, 0.6) is 0 Å². The number of alkyl carbamates (subject to hydrolysis) is 1. The minimum Gasteiger partial charge on any atom is -0.460 e. The van der Waals surface area contributed by atoms with Gasteiger partial charge in [-0.3, -0.25) is 14.4 Å². The maximum absolute atomic E-state index is 12.6. The van der Waals surface area contributed by atoms with Crippen molar-refractivity contribution in [3.8, 4) is 0 Å². The zero-order valence-corrected chi connectivity index (χ0v) is 21.1. The third kappa shape index (κ3) is 9.17. The number of anilines is 1. The van der Waals surface area contributed by atoms with E-state index in [9.17, 15) is 19.2 Å². The summed E-state index contributed by atoms with van der Waals surface area (Å²) >= 11 is 5.77. The molecule has 0 radical (unpaired) electrons. The monoisotopic (exact) mass is 496 g/mol. The Balaban J connectivity index is 2.08. The van der Waals surface area contributed by atoms with Gasteiger partial charge in [0.2, 0.25) is 0 Å². The lowest BCUT2D eigenvalue weighted by molar-refractivity contribution is -0.161. The van der Waals surface area contributed by atoms with E-state index in [2.05, 4.69) is 20.9 Å². The summed E-state index contributed by atoms with van der Waals surface area (Å²) in [5.41, 5.74) is -1.38. The molecule has 0 unspecified atom stereocenters. The second-order valence-electron chi connectivity index (χ2n) is 10.2. The van der Waals surface area contributed by atoms with Crippen LogP contribution < -0.4 is 16.0 Å². The zero-order chi connectivity index (χ0) is 25.7. The first-order valence-electron chi connectivity index (χ1n) is 11.1. The molecule has 3 atom stereocenters. The van der Waals surface area contributed by atoms with Crippen LogP contribution in [-0.2, 0) is 23.9 Å². The standard InChI is InChI=1S/C23H33ClN4O6/c1-22(2,3)33-20(31)13-7-9-15(16(11-13)27-21(32)34-23(4,5)6)26-18(29)19(30)28-17-10-8-14(24)12-25-17/h8,10,12-13,15-16H,7,9,11H2,1-6H3,(H,26,29)(H,27,32)(H,25,28,30)/t13-,15-,16+/m0/s1. The first kappa shape index (κ1) is 27.4. The number of rotatable bonds is 4. The fraction of sp³-hybridized carbons (Fsp3) is 0.609. The topological polar surface area (TPSA) is 136 Å². The Bertz CT molecular complexity index is 908. The number of ether oxygens (including phenoxy) is 2. The van der Waals surface area contributed by atoms with Crippen molar-refractivity contribution in [2.24, 2.45) is 5.92 Å². The van der Waals surface area contributed by atoms with Crippen LogP contribution in [0.1, 0.15) is 60.8 Å². The van der Waals surface area contributed by atoms with Crippen LogP contribution in [0.15, 0.2) is 18.3 Å². The third-order valence-electron chi connectivity index (χ3n) is 4.78. The minimum atomic E-state index is -0.917. The van der Waals surface area contributed by atoms with E-state index in [4.69, 9.17) is 21.1 Å². The van der Waals surface area contributed by atoms with Gasteiger partial charge >= 0.3 is 23.9 Å². The molecule has 3 N–H and O–H groups in total. The Morgan fingerprint density at radius 1 is 0.912 bits per heavy atom. The molecule has 1 aromatic heterocycles. The zero-order valence-electron chi connectivity index (χ0n) is 20.4. The highest BCUT2D eigenvalue weighted by Crippen LogP contribution is 2.28. The molecule has 3 amide bonds. The predicted molar refractivity (Wildman–Crippen MR) is 126 cm³/mol. The largest absolute Gasteiger partial charge is 0.460 e. The highest BCUT2D eigenvalue weighted by molar-refractivity contribution is 6.39. The number of nitrogens with zero attached hydrogens (tertiary/aromatic N) is 1. The van der Waals surface area contributed by atoms with Crippen molar-refractivity contribution in [2.75, 3.05) is 5.32 Å². The van der Waals surface area contributed by atoms with E-state index >= 15 is 0 Å². The molecular formula is C23H33ClN4O6. The van der Waals surface area contributed by atoms with Crippen LogP contribution in [0.4, 0.5) is 10.6 Å². The van der Waals surface area contributed by atoms with Gasteiger partial charge in [-0.2, -0.15) is 0 Å². The molecule has 0 aliphatic heterocycles. The molecule has 0 spiro atoms. The van der Waals surface area contributed by atoms with Crippen molar-refractivity contribution >= 4 is 41.3 Å². The average molecular weight is 497 g/mol. The van der Waals surface area contributed by atoms with E-state index < -0.39 is 47.1 Å². The summed E-state index contributed by atoms with van der Waals surface area (Å²) in [4.78, 5) is 53.8. The maximum atomic E-state index is 12.6. The highest BCUT2D eigenvalue weighted by Gasteiger charge is 2.38. The van der Waals surface area contributed by atoms with E-state index in [-0.39, 0.29) is 18.2 Å². The van der Waals surface area contributed by atoms with Gasteiger partial charge in [0.1, 0.15) is 17.0 Å². The lowest BCUT2D eigenvalue weighted by Crippen LogP contribution is -2.57. The molecule has 0 bridgehead atoms. The van der Waals surface area contributed by atoms with Crippen LogP contribution in [0.2, 0.25) is 5.02 Å². The molecular weight excluding hydrogens is 464 g/mol. The number of aromatic nitrogens is 1. The second kappa shape index (κ2) is 11.0. The SMILES string of the molecule is CC(C)(C)OC(=O)N[C@@H]1C[C@@H](C(=O)OC(C)(C)C)CC[C@@H]1NC(=O)C(=O)Nc1ccc(Cl)cn1. The molecule has 10 nitrogen and oxygen atoms in total. The third-order valence-corrected chi connectivity index (χ3v) is 5.01. The molecule has 1 aromatic rings. The van der Waals surface area contributed by atoms with Crippen molar-refractivity contribution < 1.29 is 28.7 Å². The molecule has 1 fully saturated rings. The molecule has 0 aromatic carbocycles. The molecule has 1 aliphatic carbocycles. The number of pyridine rings is 1. The van der Waals surface area contributed by atoms with Crippen molar-refractivity contribution in [3.63, 3.8) is 0 Å². The number of esters is 1. The van der Waals surface area contributed by atoms with Crippen LogP contribution in [0.3, 0.4) is 0 Å². The van der Waals surface area contributed by atoms with E-state index in [0.29, 0.717) is 17.9 Å². The van der Waals surface area contributed by atoms with E-state index in [1.807, 2.05) is 0 Å². The first-order valence-corrected chi connectivity index (χ1v) is 11.5. The average Bonchev–Trinajstić information content (AvgIpc) is 2.68. The first-order chi connectivity index (χ1) is 15.6. The minimum absolute atomic E-state index is 0.168. The quantitative estimate of drug-likeness (QED) is 0.430. The summed E-state index contributed by atoms with van der Waals surface area (Å²) < 4.78 is 10.8. The van der Waals surface area contributed by atoms with E-state index in [1.54, 1.807) is 41.5 Å². The molecule has 1 aliphatic rings. The molecule has 1 saturated carbocycles. The number of hydrogen-bond donors (Lipinski definition) is 3. The van der Waals surface area contributed by atoms with Crippen molar-refractivity contribution in [3.05, 3.63) is 23.4 Å². The van der Waals surface area contributed by atoms with Gasteiger partial charge in [-0.1, -0.05) is 11.6 Å². The Morgan fingerprint density at radius 2 is 1.56 bits per heavy atom. The summed E-state index contributed by atoms with van der Waals surface area (Å²) in [6.45, 7) is 10.5. The maximum Gasteiger partial charge on any atom is 0.407 e. The van der Waals surface area contributed by atoms with Gasteiger partial charge in [0.25, 0.3) is 0 Å². The van der Waals surface area contributed by atoms with Gasteiger partial charge in [-0.25, -0.2) is 9.78 Å². The Labute approximate surface area is 204 Å². The Kier molecular flexibility index (Phi) is 8.88. The van der Waals surface area contributed by atoms with E-state index in [0.717, 1.165) is 0 Å². The Morgan fingerprint density at radius 3 is 2.12 bits per heavy atom. The number of hydrogen-bond acceptors (Lipinski definition) is 7. The fourth-order valence-corrected chi connectivity index (χ4v) is 3.53. The van der Waals surface area contributed by atoms with Crippen molar-refractivity contribution in [2.45, 2.75) is 84.1 Å². The summed E-state index contributed by atoms with van der Waals surface area (Å²) in [7, 11) is 0. The molecule has 188 valence electrons. The van der Waals surface area contributed by atoms with Gasteiger partial charge in [0.15, 0.2) is 0 Å². The van der Waals surface area contributed by atoms with Gasteiger partial charge in [-0.05, 0) is 72.9 Å². The number of amides is 3. The van der Waals surface area contributed by atoms with Gasteiger partial charge in [-0.15, -0.1) is 0 Å². The van der Waals surface area contributed by atoms with Gasteiger partial charge in [0.05, 0.1) is 17.0 Å². The molecule has 34 heavy (non-hydrogen) atoms. The lowest BCUT2D eigenvalue weighted by Gasteiger charge is -2.37. The van der Waals surface area contributed by atoms with Crippen molar-refractivity contribution in [1.82, 2.24) is 15.6 Å². The Hall–Kier alpha value is -2.88. The number of carbonyl (C=O) groups excluding carboxylic acids is 4. The second-order valence-corrected chi connectivity index (χ2v) is 10.6. The lowest BCUT2D eigenvalue weighted by atomic mass is 9.82. The fourth-order valence-electron chi connectivity index (χ4n) is 3.42. The van der Waals surface area contributed by atoms with Gasteiger partial charge in [0, 0.05) is 12.2 Å². The van der Waals surface area contributed by atoms with Crippen LogP contribution >= 0.6 is 11.6 Å². The van der Waals surface area contributed by atoms with Gasteiger partial charge < -0.3 is 25.4 Å². The highest BCUT2D eigenvalue weighted by atomic mass is 35.5. The summed E-state index contributed by atoms with van der Waals surface area (Å²) in [6.07, 6.45) is 1.65. The number of carbonyl (C=O) groups is 4. The summed E-state index contributed by atoms with van der Waals surface area (Å²) in [5.74, 6) is -2.49. The van der Waals surface area contributed by atoms with Crippen LogP contribution in [-0.4, -0.2) is 52.1 Å². The number of nitrogens with one attached hydrogen (secondary N) is 3. The molecule has 0 saturated heterocycles. The summed E-state index contributed by atoms with van der Waals surface area (Å²) in [5, 5.41) is 8.16. The normalized spacial score (nSPS) is 20.6. The molecule has 1 heterocycles. The van der Waals surface area contributed by atoms with Crippen molar-refractivity contribution in [1.29, 1.82) is 0 Å².